The Balaban J connectivity index is 1.05. The molecule has 6 rings (SSSR count). The Labute approximate surface area is 252 Å². The van der Waals surface area contributed by atoms with Crippen LogP contribution >= 0.6 is 0 Å². The zero-order valence-corrected chi connectivity index (χ0v) is 24.2. The maximum Gasteiger partial charge on any atom is 0.266 e. The Morgan fingerprint density at radius 3 is 2.50 bits per heavy atom. The number of nitrogens with zero attached hydrogens (tertiary/aromatic N) is 6. The molecule has 10 nitrogen and oxygen atoms in total. The molecule has 0 radical (unpaired) electrons. The molecule has 0 spiro atoms. The largest absolute Gasteiger partial charge is 0.367 e. The number of aromatic nitrogens is 4. The van der Waals surface area contributed by atoms with Crippen LogP contribution in [0.4, 0.5) is 26.1 Å². The van der Waals surface area contributed by atoms with Crippen LogP contribution in [0.5, 0.6) is 0 Å². The van der Waals surface area contributed by atoms with Crippen molar-refractivity contribution in [3.63, 3.8) is 0 Å². The smallest absolute Gasteiger partial charge is 0.266 e. The van der Waals surface area contributed by atoms with Gasteiger partial charge in [-0.3, -0.25) is 14.2 Å². The third kappa shape index (κ3) is 6.40. The zero-order chi connectivity index (χ0) is 30.8. The van der Waals surface area contributed by atoms with Crippen molar-refractivity contribution in [2.24, 2.45) is 0 Å². The van der Waals surface area contributed by atoms with E-state index in [2.05, 4.69) is 47.5 Å². The maximum atomic E-state index is 13.6. The summed E-state index contributed by atoms with van der Waals surface area (Å²) in [6.45, 7) is 1.94. The predicted molar refractivity (Wildman–Crippen MR) is 164 cm³/mol. The second-order valence-electron chi connectivity index (χ2n) is 11.1. The molecule has 2 aromatic heterocycles. The number of halogens is 2. The van der Waals surface area contributed by atoms with E-state index in [4.69, 9.17) is 0 Å². The molecule has 1 fully saturated rings. The normalized spacial score (nSPS) is 13.2. The number of benzene rings is 3. The second-order valence-corrected chi connectivity index (χ2v) is 11.1. The summed E-state index contributed by atoms with van der Waals surface area (Å²) in [5.41, 5.74) is 3.59. The lowest BCUT2D eigenvalue weighted by Crippen LogP contribution is -2.60. The van der Waals surface area contributed by atoms with E-state index in [-0.39, 0.29) is 18.2 Å². The summed E-state index contributed by atoms with van der Waals surface area (Å²) in [6, 6.07) is 17.3. The standard InChI is InChI=1S/C32H30F2N8O2/c1-40(2)15-20-3-6-23(7-4-20)38-32-36-13-22-12-25(8-10-29(22)39-32)41-17-24(18-41)37-30(43)26-14-35-19-42(31(26)44)16-21-5-9-27(33)28(34)11-21/h3-14,19,24H,15-18H2,1-2H3,(H,37,43)(H,36,38,39). The van der Waals surface area contributed by atoms with Crippen LogP contribution in [0.3, 0.4) is 0 Å². The van der Waals surface area contributed by atoms with Crippen LogP contribution in [0.15, 0.2) is 84.2 Å². The van der Waals surface area contributed by atoms with Gasteiger partial charge in [-0.05, 0) is 67.7 Å². The molecule has 44 heavy (non-hydrogen) atoms. The fraction of sp³-hybridized carbons (Fsp3) is 0.219. The molecule has 3 aromatic carbocycles. The van der Waals surface area contributed by atoms with Gasteiger partial charge < -0.3 is 20.4 Å². The van der Waals surface area contributed by atoms with Gasteiger partial charge in [0.05, 0.1) is 24.4 Å². The van der Waals surface area contributed by atoms with E-state index in [1.807, 2.05) is 44.4 Å². The zero-order valence-electron chi connectivity index (χ0n) is 24.2. The lowest BCUT2D eigenvalue weighted by atomic mass is 10.1. The molecule has 0 saturated carbocycles. The molecule has 1 aliphatic heterocycles. The van der Waals surface area contributed by atoms with E-state index in [1.165, 1.54) is 28.7 Å². The molecule has 0 atom stereocenters. The quantitative estimate of drug-likeness (QED) is 0.264. The molecular formula is C32H30F2N8O2. The van der Waals surface area contributed by atoms with Crippen molar-refractivity contribution in [2.75, 3.05) is 37.4 Å². The van der Waals surface area contributed by atoms with Gasteiger partial charge in [-0.1, -0.05) is 18.2 Å². The van der Waals surface area contributed by atoms with Crippen molar-refractivity contribution in [3.8, 4) is 0 Å². The number of carbonyl (C=O) groups is 1. The van der Waals surface area contributed by atoms with Crippen molar-refractivity contribution in [2.45, 2.75) is 19.1 Å². The van der Waals surface area contributed by atoms with Gasteiger partial charge >= 0.3 is 0 Å². The number of fused-ring (bicyclic) bond motifs is 1. The summed E-state index contributed by atoms with van der Waals surface area (Å²) in [7, 11) is 4.07. The molecule has 5 aromatic rings. The van der Waals surface area contributed by atoms with Crippen molar-refractivity contribution < 1.29 is 13.6 Å². The van der Waals surface area contributed by atoms with Gasteiger partial charge in [-0.2, -0.15) is 0 Å². The first-order chi connectivity index (χ1) is 21.2. The number of rotatable bonds is 9. The number of amides is 1. The molecule has 1 amide bonds. The topological polar surface area (TPSA) is 108 Å². The van der Waals surface area contributed by atoms with Crippen LogP contribution < -0.4 is 21.1 Å². The number of carbonyl (C=O) groups excluding carboxylic acids is 1. The van der Waals surface area contributed by atoms with Gasteiger partial charge in [0.15, 0.2) is 11.6 Å². The minimum atomic E-state index is -1.01. The van der Waals surface area contributed by atoms with Gasteiger partial charge in [0, 0.05) is 48.8 Å². The summed E-state index contributed by atoms with van der Waals surface area (Å²) in [6.07, 6.45) is 4.25. The molecule has 1 aliphatic rings. The SMILES string of the molecule is CN(C)Cc1ccc(Nc2ncc3cc(N4CC(NC(=O)c5cncn(Cc6ccc(F)c(F)c6)c5=O)C4)ccc3n2)cc1. The van der Waals surface area contributed by atoms with Gasteiger partial charge in [0.2, 0.25) is 5.95 Å². The predicted octanol–water partition coefficient (Wildman–Crippen LogP) is 3.94. The Morgan fingerprint density at radius 2 is 1.75 bits per heavy atom. The van der Waals surface area contributed by atoms with Gasteiger partial charge in [0.25, 0.3) is 11.5 Å². The first kappa shape index (κ1) is 28.9. The third-order valence-electron chi connectivity index (χ3n) is 7.34. The molecule has 1 saturated heterocycles. The fourth-order valence-corrected chi connectivity index (χ4v) is 5.06. The van der Waals surface area contributed by atoms with Gasteiger partial charge in [-0.25, -0.2) is 23.7 Å². The van der Waals surface area contributed by atoms with Crippen LogP contribution in [0.1, 0.15) is 21.5 Å². The number of anilines is 3. The molecule has 0 unspecified atom stereocenters. The van der Waals surface area contributed by atoms with E-state index < -0.39 is 23.1 Å². The van der Waals surface area contributed by atoms with Gasteiger partial charge in [-0.15, -0.1) is 0 Å². The minimum Gasteiger partial charge on any atom is -0.367 e. The third-order valence-corrected chi connectivity index (χ3v) is 7.34. The lowest BCUT2D eigenvalue weighted by Gasteiger charge is -2.41. The van der Waals surface area contributed by atoms with Crippen LogP contribution in [0.25, 0.3) is 10.9 Å². The Bertz CT molecular complexity index is 1890. The first-order valence-electron chi connectivity index (χ1n) is 14.0. The molecule has 3 heterocycles. The molecule has 0 aliphatic carbocycles. The minimum absolute atomic E-state index is 0.0469. The highest BCUT2D eigenvalue weighted by Gasteiger charge is 2.29. The summed E-state index contributed by atoms with van der Waals surface area (Å²) < 4.78 is 28.0. The Kier molecular flexibility index (Phi) is 7.99. The van der Waals surface area contributed by atoms with E-state index >= 15 is 0 Å². The van der Waals surface area contributed by atoms with Gasteiger partial charge in [0.1, 0.15) is 5.56 Å². The molecule has 2 N–H and O–H groups in total. The maximum absolute atomic E-state index is 13.6. The van der Waals surface area contributed by atoms with Crippen molar-refractivity contribution in [1.29, 1.82) is 0 Å². The highest BCUT2D eigenvalue weighted by molar-refractivity contribution is 5.94. The van der Waals surface area contributed by atoms with E-state index in [0.29, 0.717) is 24.6 Å². The highest BCUT2D eigenvalue weighted by atomic mass is 19.2. The summed E-state index contributed by atoms with van der Waals surface area (Å²) in [5, 5.41) is 7.02. The molecular weight excluding hydrogens is 566 g/mol. The molecule has 12 heteroatoms. The number of hydrogen-bond donors (Lipinski definition) is 2. The molecule has 0 bridgehead atoms. The number of hydrogen-bond acceptors (Lipinski definition) is 8. The average molecular weight is 597 g/mol. The van der Waals surface area contributed by atoms with E-state index in [0.717, 1.165) is 41.0 Å². The monoisotopic (exact) mass is 596 g/mol. The Hall–Kier alpha value is -5.23. The summed E-state index contributed by atoms with van der Waals surface area (Å²) in [5.74, 6) is -2.01. The Morgan fingerprint density at radius 1 is 0.977 bits per heavy atom. The van der Waals surface area contributed by atoms with E-state index in [1.54, 1.807) is 6.20 Å². The second kappa shape index (κ2) is 12.2. The van der Waals surface area contributed by atoms with Crippen molar-refractivity contribution in [3.05, 3.63) is 118 Å². The van der Waals surface area contributed by atoms with Crippen LogP contribution in [-0.4, -0.2) is 63.6 Å². The van der Waals surface area contributed by atoms with Crippen LogP contribution in [-0.2, 0) is 13.1 Å². The van der Waals surface area contributed by atoms with Crippen LogP contribution in [0, 0.1) is 11.6 Å². The van der Waals surface area contributed by atoms with Crippen molar-refractivity contribution >= 4 is 34.1 Å². The highest BCUT2D eigenvalue weighted by Crippen LogP contribution is 2.26. The lowest BCUT2D eigenvalue weighted by molar-refractivity contribution is 0.0927. The van der Waals surface area contributed by atoms with Crippen molar-refractivity contribution in [1.82, 2.24) is 29.7 Å². The molecule has 224 valence electrons. The summed E-state index contributed by atoms with van der Waals surface area (Å²) in [4.78, 5) is 43.1. The fourth-order valence-electron chi connectivity index (χ4n) is 5.06. The number of nitrogens with one attached hydrogen (secondary N) is 2. The summed E-state index contributed by atoms with van der Waals surface area (Å²) >= 11 is 0. The van der Waals surface area contributed by atoms with E-state index in [9.17, 15) is 18.4 Å². The van der Waals surface area contributed by atoms with Crippen LogP contribution in [0.2, 0.25) is 0 Å². The average Bonchev–Trinajstić information content (AvgIpc) is 2.98. The first-order valence-corrected chi connectivity index (χ1v) is 14.0.